The Bertz CT molecular complexity index is 439. The number of hydrogen-bond acceptors (Lipinski definition) is 3. The Morgan fingerprint density at radius 2 is 1.72 bits per heavy atom. The molecule has 5 nitrogen and oxygen atoms in total. The second-order valence-corrected chi connectivity index (χ2v) is 4.21. The topological polar surface area (TPSA) is 83.8 Å². The van der Waals surface area contributed by atoms with Crippen molar-refractivity contribution in [2.75, 3.05) is 6.61 Å². The number of benzene rings is 1. The molecule has 1 atom stereocenters. The second-order valence-electron chi connectivity index (χ2n) is 4.21. The number of ether oxygens (including phenoxy) is 1. The minimum absolute atomic E-state index is 0.136. The third-order valence-electron chi connectivity index (χ3n) is 2.50. The van der Waals surface area contributed by atoms with E-state index in [2.05, 4.69) is 0 Å². The molecule has 0 aromatic heterocycles. The van der Waals surface area contributed by atoms with E-state index in [9.17, 15) is 9.59 Å². The van der Waals surface area contributed by atoms with Gasteiger partial charge in [0.1, 0.15) is 6.61 Å². The van der Waals surface area contributed by atoms with Crippen molar-refractivity contribution in [3.63, 3.8) is 0 Å². The van der Waals surface area contributed by atoms with Gasteiger partial charge in [0.25, 0.3) is 0 Å². The Hall–Kier alpha value is -1.88. The molecule has 98 valence electrons. The smallest absolute Gasteiger partial charge is 0.337 e. The number of carbonyl (C=O) groups is 2. The molecule has 0 saturated carbocycles. The van der Waals surface area contributed by atoms with Crippen molar-refractivity contribution >= 4 is 11.9 Å². The van der Waals surface area contributed by atoms with Crippen LogP contribution in [0.15, 0.2) is 24.3 Å². The fourth-order valence-corrected chi connectivity index (χ4v) is 1.72. The Labute approximate surface area is 105 Å². The molecule has 0 heterocycles. The highest BCUT2D eigenvalue weighted by Gasteiger charge is 2.24. The normalized spacial score (nSPS) is 12.4. The van der Waals surface area contributed by atoms with Crippen LogP contribution in [0.3, 0.4) is 0 Å². The lowest BCUT2D eigenvalue weighted by Gasteiger charge is -2.18. The van der Waals surface area contributed by atoms with Crippen LogP contribution in [0.5, 0.6) is 0 Å². The summed E-state index contributed by atoms with van der Waals surface area (Å²) in [5.74, 6) is -2.25. The summed E-state index contributed by atoms with van der Waals surface area (Å²) in [7, 11) is 0. The second kappa shape index (κ2) is 6.16. The highest BCUT2D eigenvalue weighted by molar-refractivity contribution is 5.76. The van der Waals surface area contributed by atoms with E-state index >= 15 is 0 Å². The summed E-state index contributed by atoms with van der Waals surface area (Å²) < 4.78 is 4.94. The largest absolute Gasteiger partial charge is 0.480 e. The summed E-state index contributed by atoms with van der Waals surface area (Å²) in [6.07, 6.45) is -1.25. The quantitative estimate of drug-likeness (QED) is 0.809. The number of aliphatic carboxylic acids is 2. The molecule has 0 radical (unpaired) electrons. The molecule has 1 unspecified atom stereocenters. The van der Waals surface area contributed by atoms with Crippen LogP contribution in [0.4, 0.5) is 0 Å². The lowest BCUT2D eigenvalue weighted by molar-refractivity contribution is -0.156. The zero-order valence-corrected chi connectivity index (χ0v) is 10.3. The molecule has 0 fully saturated rings. The van der Waals surface area contributed by atoms with E-state index in [1.165, 1.54) is 0 Å². The Kier molecular flexibility index (Phi) is 4.85. The number of carboxylic acid groups (broad SMARTS) is 2. The summed E-state index contributed by atoms with van der Waals surface area (Å²) in [4.78, 5) is 21.6. The van der Waals surface area contributed by atoms with E-state index in [1.807, 2.05) is 26.0 Å². The Morgan fingerprint density at radius 3 is 2.17 bits per heavy atom. The van der Waals surface area contributed by atoms with Crippen LogP contribution in [0, 0.1) is 0 Å². The van der Waals surface area contributed by atoms with Gasteiger partial charge in [0.2, 0.25) is 0 Å². The van der Waals surface area contributed by atoms with Crippen molar-refractivity contribution in [3.05, 3.63) is 35.4 Å². The fraction of sp³-hybridized carbons (Fsp3) is 0.385. The van der Waals surface area contributed by atoms with Crippen LogP contribution in [-0.4, -0.2) is 28.8 Å². The molecule has 0 amide bonds. The van der Waals surface area contributed by atoms with Gasteiger partial charge in [-0.25, -0.2) is 9.59 Å². The standard InChI is InChI=1S/C13H16O5/c1-8(2)9-5-3-4-6-10(9)12(13(16)17)18-7-11(14)15/h3-6,8,12H,7H2,1-2H3,(H,14,15)(H,16,17). The minimum atomic E-state index is -1.25. The monoisotopic (exact) mass is 252 g/mol. The van der Waals surface area contributed by atoms with E-state index in [-0.39, 0.29) is 5.92 Å². The molecular formula is C13H16O5. The van der Waals surface area contributed by atoms with Gasteiger partial charge in [-0.3, -0.25) is 0 Å². The van der Waals surface area contributed by atoms with Gasteiger partial charge in [-0.05, 0) is 17.0 Å². The summed E-state index contributed by atoms with van der Waals surface area (Å²) in [6.45, 7) is 3.24. The van der Waals surface area contributed by atoms with Crippen LogP contribution < -0.4 is 0 Å². The molecule has 0 spiro atoms. The van der Waals surface area contributed by atoms with Crippen LogP contribution in [-0.2, 0) is 14.3 Å². The van der Waals surface area contributed by atoms with Gasteiger partial charge in [-0.1, -0.05) is 38.1 Å². The van der Waals surface area contributed by atoms with Crippen molar-refractivity contribution in [3.8, 4) is 0 Å². The first kappa shape index (κ1) is 14.2. The van der Waals surface area contributed by atoms with E-state index in [1.54, 1.807) is 12.1 Å². The first-order valence-corrected chi connectivity index (χ1v) is 5.58. The molecule has 5 heteroatoms. The van der Waals surface area contributed by atoms with E-state index < -0.39 is 24.6 Å². The zero-order chi connectivity index (χ0) is 13.7. The average Bonchev–Trinajstić information content (AvgIpc) is 2.28. The van der Waals surface area contributed by atoms with Gasteiger partial charge >= 0.3 is 11.9 Å². The van der Waals surface area contributed by atoms with Crippen molar-refractivity contribution in [2.24, 2.45) is 0 Å². The predicted molar refractivity (Wildman–Crippen MR) is 64.5 cm³/mol. The number of hydrogen-bond donors (Lipinski definition) is 2. The molecular weight excluding hydrogens is 236 g/mol. The molecule has 0 bridgehead atoms. The Morgan fingerprint density at radius 1 is 1.17 bits per heavy atom. The maximum absolute atomic E-state index is 11.2. The van der Waals surface area contributed by atoms with E-state index in [0.717, 1.165) is 5.56 Å². The molecule has 0 aliphatic rings. The molecule has 1 rings (SSSR count). The van der Waals surface area contributed by atoms with E-state index in [4.69, 9.17) is 14.9 Å². The summed E-state index contributed by atoms with van der Waals surface area (Å²) in [5, 5.41) is 17.7. The SMILES string of the molecule is CC(C)c1ccccc1C(OCC(=O)O)C(=O)O. The van der Waals surface area contributed by atoms with Crippen LogP contribution >= 0.6 is 0 Å². The number of rotatable bonds is 6. The first-order chi connectivity index (χ1) is 8.43. The maximum atomic E-state index is 11.2. The zero-order valence-electron chi connectivity index (χ0n) is 10.3. The van der Waals surface area contributed by atoms with Gasteiger partial charge in [-0.15, -0.1) is 0 Å². The van der Waals surface area contributed by atoms with Gasteiger partial charge in [-0.2, -0.15) is 0 Å². The Balaban J connectivity index is 3.05. The van der Waals surface area contributed by atoms with Gasteiger partial charge in [0.15, 0.2) is 6.10 Å². The van der Waals surface area contributed by atoms with Crippen molar-refractivity contribution in [1.29, 1.82) is 0 Å². The molecule has 1 aromatic carbocycles. The number of carboxylic acids is 2. The average molecular weight is 252 g/mol. The van der Waals surface area contributed by atoms with Gasteiger partial charge < -0.3 is 14.9 Å². The lowest BCUT2D eigenvalue weighted by atomic mass is 9.94. The summed E-state index contributed by atoms with van der Waals surface area (Å²) >= 11 is 0. The summed E-state index contributed by atoms with van der Waals surface area (Å²) in [5.41, 5.74) is 1.34. The highest BCUT2D eigenvalue weighted by Crippen LogP contribution is 2.27. The van der Waals surface area contributed by atoms with Crippen molar-refractivity contribution < 1.29 is 24.5 Å². The van der Waals surface area contributed by atoms with E-state index in [0.29, 0.717) is 5.56 Å². The highest BCUT2D eigenvalue weighted by atomic mass is 16.5. The summed E-state index contributed by atoms with van der Waals surface area (Å²) in [6, 6.07) is 6.99. The first-order valence-electron chi connectivity index (χ1n) is 5.58. The van der Waals surface area contributed by atoms with Crippen molar-refractivity contribution in [2.45, 2.75) is 25.9 Å². The fourth-order valence-electron chi connectivity index (χ4n) is 1.72. The third-order valence-corrected chi connectivity index (χ3v) is 2.50. The van der Waals surface area contributed by atoms with Crippen LogP contribution in [0.2, 0.25) is 0 Å². The minimum Gasteiger partial charge on any atom is -0.480 e. The molecule has 0 aliphatic heterocycles. The van der Waals surface area contributed by atoms with Gasteiger partial charge in [0.05, 0.1) is 0 Å². The molecule has 0 aliphatic carbocycles. The molecule has 2 N–H and O–H groups in total. The molecule has 18 heavy (non-hydrogen) atoms. The van der Waals surface area contributed by atoms with Crippen LogP contribution in [0.1, 0.15) is 37.0 Å². The predicted octanol–water partition coefficient (Wildman–Crippen LogP) is 2.04. The maximum Gasteiger partial charge on any atom is 0.337 e. The molecule has 1 aromatic rings. The molecule has 0 saturated heterocycles. The third kappa shape index (κ3) is 3.56. The van der Waals surface area contributed by atoms with Crippen molar-refractivity contribution in [1.82, 2.24) is 0 Å². The van der Waals surface area contributed by atoms with Crippen LogP contribution in [0.25, 0.3) is 0 Å². The van der Waals surface area contributed by atoms with Gasteiger partial charge in [0, 0.05) is 0 Å². The lowest BCUT2D eigenvalue weighted by Crippen LogP contribution is -2.20.